The van der Waals surface area contributed by atoms with Gasteiger partial charge in [0.15, 0.2) is 0 Å². The summed E-state index contributed by atoms with van der Waals surface area (Å²) in [4.78, 5) is 4.30. The summed E-state index contributed by atoms with van der Waals surface area (Å²) >= 11 is 1.76. The van der Waals surface area contributed by atoms with Crippen molar-refractivity contribution in [2.24, 2.45) is 11.8 Å². The second kappa shape index (κ2) is 6.69. The second-order valence-corrected chi connectivity index (χ2v) is 2.28. The first-order chi connectivity index (χ1) is 4.35. The molecule has 0 aliphatic carbocycles. The van der Waals surface area contributed by atoms with E-state index in [0.717, 1.165) is 0 Å². The number of rotatable bonds is 5. The fraction of sp³-hybridized carbons (Fsp3) is 1.00. The lowest BCUT2D eigenvalue weighted by Crippen LogP contribution is -2.20. The predicted molar refractivity (Wildman–Crippen MR) is 40.7 cm³/mol. The summed E-state index contributed by atoms with van der Waals surface area (Å²) in [7, 11) is 0. The normalized spacial score (nSPS) is 13.7. The lowest BCUT2D eigenvalue weighted by Gasteiger charge is -2.08. The Kier molecular flexibility index (Phi) is 7.11. The Morgan fingerprint density at radius 2 is 2.22 bits per heavy atom. The molecule has 0 aromatic heterocycles. The van der Waals surface area contributed by atoms with Gasteiger partial charge >= 0.3 is 0 Å². The van der Waals surface area contributed by atoms with Crippen LogP contribution in [0.5, 0.6) is 0 Å². The summed E-state index contributed by atoms with van der Waals surface area (Å²) in [5, 5.41) is 8.57. The van der Waals surface area contributed by atoms with Gasteiger partial charge in [-0.05, 0) is 0 Å². The highest BCUT2D eigenvalue weighted by Crippen LogP contribution is 1.98. The molecule has 3 N–H and O–H groups in total. The maximum absolute atomic E-state index is 8.57. The molecule has 4 nitrogen and oxygen atoms in total. The Balaban J connectivity index is 3.18. The zero-order valence-corrected chi connectivity index (χ0v) is 7.08. The van der Waals surface area contributed by atoms with Crippen LogP contribution < -0.4 is 5.90 Å². The third-order valence-electron chi connectivity index (χ3n) is 0.889. The van der Waals surface area contributed by atoms with Crippen LogP contribution in [0.15, 0.2) is 0 Å². The van der Waals surface area contributed by atoms with Gasteiger partial charge in [0.25, 0.3) is 0 Å². The van der Waals surface area contributed by atoms with Crippen molar-refractivity contribution >= 4 is 23.0 Å². The van der Waals surface area contributed by atoms with E-state index >= 15 is 0 Å². The van der Waals surface area contributed by atoms with Gasteiger partial charge in [-0.3, -0.25) is 0 Å². The molecule has 0 rings (SSSR count). The molecule has 0 saturated carbocycles. The largest absolute Gasteiger partial charge is 0.396 e. The van der Waals surface area contributed by atoms with Crippen LogP contribution in [-0.2, 0) is 7.90 Å². The monoisotopic (exact) mass is 247 g/mol. The summed E-state index contributed by atoms with van der Waals surface area (Å²) in [6, 6.07) is 0. The molecule has 0 saturated heterocycles. The van der Waals surface area contributed by atoms with Crippen molar-refractivity contribution < 1.29 is 13.0 Å². The number of nitrogens with two attached hydrogens (primary N) is 1. The Morgan fingerprint density at radius 3 is 2.56 bits per heavy atom. The average Bonchev–Trinajstić information content (AvgIpc) is 1.88. The van der Waals surface area contributed by atoms with E-state index < -0.39 is 0 Å². The highest BCUT2D eigenvalue weighted by atomic mass is 127. The van der Waals surface area contributed by atoms with Gasteiger partial charge in [-0.1, -0.05) is 0 Å². The molecule has 1 atom stereocenters. The molecule has 5 heteroatoms. The Hall–Kier alpha value is 0.570. The van der Waals surface area contributed by atoms with E-state index in [1.165, 1.54) is 0 Å². The molecule has 0 amide bonds. The molecular weight excluding hydrogens is 237 g/mol. The van der Waals surface area contributed by atoms with E-state index in [1.807, 2.05) is 0 Å². The molecule has 0 radical (unpaired) electrons. The van der Waals surface area contributed by atoms with Crippen molar-refractivity contribution in [1.29, 1.82) is 0 Å². The van der Waals surface area contributed by atoms with Gasteiger partial charge in [0.2, 0.25) is 0 Å². The number of hydrogen-bond donors (Lipinski definition) is 2. The summed E-state index contributed by atoms with van der Waals surface area (Å²) < 4.78 is 4.72. The van der Waals surface area contributed by atoms with E-state index in [4.69, 9.17) is 14.1 Å². The molecule has 0 aliphatic heterocycles. The van der Waals surface area contributed by atoms with Crippen LogP contribution in [0.4, 0.5) is 0 Å². The Bertz CT molecular complexity index is 57.8. The standard InChI is InChI=1S/C4H10INO3/c5-8-2-4(1-7)3-9-6/h4,7H,1-3,6H2. The van der Waals surface area contributed by atoms with Gasteiger partial charge in [0.05, 0.1) is 19.8 Å². The number of aliphatic hydroxyl groups excluding tert-OH is 1. The third-order valence-corrected chi connectivity index (χ3v) is 1.25. The van der Waals surface area contributed by atoms with E-state index in [9.17, 15) is 0 Å². The topological polar surface area (TPSA) is 64.7 Å². The quantitative estimate of drug-likeness (QED) is 0.524. The highest BCUT2D eigenvalue weighted by Gasteiger charge is 2.05. The van der Waals surface area contributed by atoms with Crippen LogP contribution >= 0.6 is 23.0 Å². The van der Waals surface area contributed by atoms with Crippen molar-refractivity contribution in [3.05, 3.63) is 0 Å². The lowest BCUT2D eigenvalue weighted by atomic mass is 10.2. The van der Waals surface area contributed by atoms with Crippen molar-refractivity contribution in [3.8, 4) is 0 Å². The number of aliphatic hydroxyl groups is 1. The first kappa shape index (κ1) is 9.57. The minimum atomic E-state index is -0.00750. The maximum atomic E-state index is 8.57. The zero-order valence-electron chi connectivity index (χ0n) is 4.92. The van der Waals surface area contributed by atoms with Crippen molar-refractivity contribution in [1.82, 2.24) is 0 Å². The molecule has 9 heavy (non-hydrogen) atoms. The van der Waals surface area contributed by atoms with Crippen LogP contribution in [0.25, 0.3) is 0 Å². The Morgan fingerprint density at radius 1 is 1.56 bits per heavy atom. The minimum absolute atomic E-state index is 0.00750. The molecule has 0 bridgehead atoms. The first-order valence-electron chi connectivity index (χ1n) is 2.51. The number of halogens is 1. The molecule has 0 fully saturated rings. The Labute approximate surface area is 68.0 Å². The van der Waals surface area contributed by atoms with E-state index in [1.54, 1.807) is 23.0 Å². The minimum Gasteiger partial charge on any atom is -0.396 e. The summed E-state index contributed by atoms with van der Waals surface area (Å²) in [5.74, 6) is 4.76. The highest BCUT2D eigenvalue weighted by molar-refractivity contribution is 14.1. The molecule has 0 aliphatic rings. The van der Waals surface area contributed by atoms with Gasteiger partial charge in [-0.15, -0.1) is 0 Å². The molecule has 1 unspecified atom stereocenters. The van der Waals surface area contributed by atoms with Gasteiger partial charge in [0.1, 0.15) is 23.0 Å². The maximum Gasteiger partial charge on any atom is 0.109 e. The molecule has 56 valence electrons. The van der Waals surface area contributed by atoms with Gasteiger partial charge in [-0.25, -0.2) is 5.90 Å². The molecular formula is C4H10INO3. The summed E-state index contributed by atoms with van der Waals surface area (Å²) in [6.07, 6.45) is 0. The fourth-order valence-electron chi connectivity index (χ4n) is 0.379. The van der Waals surface area contributed by atoms with E-state index in [2.05, 4.69) is 4.84 Å². The molecule has 0 aromatic rings. The van der Waals surface area contributed by atoms with Crippen LogP contribution in [-0.4, -0.2) is 24.9 Å². The summed E-state index contributed by atoms with van der Waals surface area (Å²) in [5.41, 5.74) is 0. The van der Waals surface area contributed by atoms with Gasteiger partial charge in [-0.2, -0.15) is 0 Å². The predicted octanol–water partition coefficient (Wildman–Crippen LogP) is -0.148. The van der Waals surface area contributed by atoms with Crippen molar-refractivity contribution in [2.75, 3.05) is 19.8 Å². The molecule has 0 spiro atoms. The molecule has 0 aromatic carbocycles. The SMILES string of the molecule is NOCC(CO)COI. The van der Waals surface area contributed by atoms with Crippen molar-refractivity contribution in [2.45, 2.75) is 0 Å². The summed E-state index contributed by atoms with van der Waals surface area (Å²) in [6.45, 7) is 0.841. The van der Waals surface area contributed by atoms with Crippen LogP contribution in [0.3, 0.4) is 0 Å². The first-order valence-corrected chi connectivity index (χ1v) is 3.39. The van der Waals surface area contributed by atoms with Crippen LogP contribution in [0, 0.1) is 5.92 Å². The average molecular weight is 247 g/mol. The second-order valence-electron chi connectivity index (χ2n) is 1.66. The number of hydrogen-bond acceptors (Lipinski definition) is 4. The lowest BCUT2D eigenvalue weighted by molar-refractivity contribution is 0.0584. The van der Waals surface area contributed by atoms with Crippen molar-refractivity contribution in [3.63, 3.8) is 0 Å². The smallest absolute Gasteiger partial charge is 0.109 e. The van der Waals surface area contributed by atoms with Crippen LogP contribution in [0.2, 0.25) is 0 Å². The van der Waals surface area contributed by atoms with Gasteiger partial charge in [0, 0.05) is 5.92 Å². The third kappa shape index (κ3) is 5.04. The van der Waals surface area contributed by atoms with Gasteiger partial charge < -0.3 is 13.0 Å². The molecule has 0 heterocycles. The van der Waals surface area contributed by atoms with Crippen LogP contribution in [0.1, 0.15) is 0 Å². The fourth-order valence-corrected chi connectivity index (χ4v) is 0.887. The zero-order chi connectivity index (χ0) is 7.11. The van der Waals surface area contributed by atoms with E-state index in [-0.39, 0.29) is 12.5 Å². The van der Waals surface area contributed by atoms with E-state index in [0.29, 0.717) is 13.2 Å².